The summed E-state index contributed by atoms with van der Waals surface area (Å²) in [4.78, 5) is 11.0. The van der Waals surface area contributed by atoms with Crippen molar-refractivity contribution in [2.24, 2.45) is 11.7 Å². The third kappa shape index (κ3) is 3.45. The van der Waals surface area contributed by atoms with Crippen LogP contribution in [0.25, 0.3) is 0 Å². The fourth-order valence-electron chi connectivity index (χ4n) is 1.55. The topological polar surface area (TPSA) is 55.0 Å². The molecule has 0 unspecified atom stereocenters. The van der Waals surface area contributed by atoms with E-state index in [-0.39, 0.29) is 0 Å². The van der Waals surface area contributed by atoms with Gasteiger partial charge in [0.15, 0.2) is 0 Å². The lowest BCUT2D eigenvalue weighted by Crippen LogP contribution is -2.35. The Kier molecular flexibility index (Phi) is 4.68. The summed E-state index contributed by atoms with van der Waals surface area (Å²) in [5, 5.41) is 0. The summed E-state index contributed by atoms with van der Waals surface area (Å²) in [6.45, 7) is 10.1. The van der Waals surface area contributed by atoms with Crippen LogP contribution in [0.5, 0.6) is 0 Å². The number of rotatable bonds is 5. The molecule has 0 radical (unpaired) electrons. The SMILES string of the molecule is CC(C)CN(c1nccc(CN)n1)C(C)C. The van der Waals surface area contributed by atoms with Gasteiger partial charge in [-0.15, -0.1) is 0 Å². The molecule has 1 aromatic heterocycles. The zero-order valence-electron chi connectivity index (χ0n) is 10.6. The number of nitrogens with two attached hydrogens (primary N) is 1. The molecule has 0 saturated heterocycles. The lowest BCUT2D eigenvalue weighted by molar-refractivity contribution is 0.559. The summed E-state index contributed by atoms with van der Waals surface area (Å²) in [6.07, 6.45) is 1.78. The molecule has 16 heavy (non-hydrogen) atoms. The summed E-state index contributed by atoms with van der Waals surface area (Å²) in [6, 6.07) is 2.26. The van der Waals surface area contributed by atoms with E-state index in [0.29, 0.717) is 18.5 Å². The lowest BCUT2D eigenvalue weighted by atomic mass is 10.2. The monoisotopic (exact) mass is 222 g/mol. The van der Waals surface area contributed by atoms with Gasteiger partial charge in [-0.3, -0.25) is 0 Å². The van der Waals surface area contributed by atoms with Gasteiger partial charge in [-0.2, -0.15) is 0 Å². The van der Waals surface area contributed by atoms with Crippen LogP contribution in [-0.2, 0) is 6.54 Å². The number of hydrogen-bond donors (Lipinski definition) is 1. The predicted octanol–water partition coefficient (Wildman–Crippen LogP) is 1.81. The van der Waals surface area contributed by atoms with E-state index in [2.05, 4.69) is 42.6 Å². The van der Waals surface area contributed by atoms with E-state index < -0.39 is 0 Å². The Bertz CT molecular complexity index is 323. The first-order valence-electron chi connectivity index (χ1n) is 5.83. The maximum atomic E-state index is 5.59. The van der Waals surface area contributed by atoms with Gasteiger partial charge >= 0.3 is 0 Å². The standard InChI is InChI=1S/C12H22N4/c1-9(2)8-16(10(3)4)12-14-6-5-11(7-13)15-12/h5-6,9-10H,7-8,13H2,1-4H3. The molecule has 0 aromatic carbocycles. The van der Waals surface area contributed by atoms with Crippen molar-refractivity contribution in [2.75, 3.05) is 11.4 Å². The minimum Gasteiger partial charge on any atom is -0.338 e. The normalized spacial score (nSPS) is 11.2. The molecule has 0 atom stereocenters. The van der Waals surface area contributed by atoms with E-state index in [1.807, 2.05) is 6.07 Å². The first kappa shape index (κ1) is 12.9. The van der Waals surface area contributed by atoms with E-state index in [9.17, 15) is 0 Å². The summed E-state index contributed by atoms with van der Waals surface area (Å²) in [7, 11) is 0. The van der Waals surface area contributed by atoms with Gasteiger partial charge in [0.05, 0.1) is 5.69 Å². The molecule has 1 rings (SSSR count). The maximum Gasteiger partial charge on any atom is 0.225 e. The molecular formula is C12H22N4. The van der Waals surface area contributed by atoms with Crippen molar-refractivity contribution >= 4 is 5.95 Å². The number of aromatic nitrogens is 2. The molecule has 0 fully saturated rings. The highest BCUT2D eigenvalue weighted by molar-refractivity contribution is 5.31. The van der Waals surface area contributed by atoms with Crippen molar-refractivity contribution in [3.63, 3.8) is 0 Å². The third-order valence-electron chi connectivity index (χ3n) is 2.35. The van der Waals surface area contributed by atoms with Crippen LogP contribution in [0.3, 0.4) is 0 Å². The summed E-state index contributed by atoms with van der Waals surface area (Å²) in [5.41, 5.74) is 6.48. The average molecular weight is 222 g/mol. The third-order valence-corrected chi connectivity index (χ3v) is 2.35. The van der Waals surface area contributed by atoms with Crippen molar-refractivity contribution in [3.8, 4) is 0 Å². The second-order valence-corrected chi connectivity index (χ2v) is 4.69. The number of anilines is 1. The smallest absolute Gasteiger partial charge is 0.225 e. The second-order valence-electron chi connectivity index (χ2n) is 4.69. The van der Waals surface area contributed by atoms with Gasteiger partial charge in [-0.1, -0.05) is 13.8 Å². The summed E-state index contributed by atoms with van der Waals surface area (Å²) < 4.78 is 0. The van der Waals surface area contributed by atoms with Crippen LogP contribution in [0.2, 0.25) is 0 Å². The fourth-order valence-corrected chi connectivity index (χ4v) is 1.55. The molecule has 0 bridgehead atoms. The quantitative estimate of drug-likeness (QED) is 0.825. The van der Waals surface area contributed by atoms with Crippen molar-refractivity contribution in [3.05, 3.63) is 18.0 Å². The second kappa shape index (κ2) is 5.80. The molecule has 4 nitrogen and oxygen atoms in total. The minimum absolute atomic E-state index is 0.399. The first-order chi connectivity index (χ1) is 7.54. The van der Waals surface area contributed by atoms with Crippen LogP contribution >= 0.6 is 0 Å². The predicted molar refractivity (Wildman–Crippen MR) is 67.2 cm³/mol. The molecule has 0 amide bonds. The Balaban J connectivity index is 2.91. The Morgan fingerprint density at radius 1 is 1.31 bits per heavy atom. The van der Waals surface area contributed by atoms with E-state index in [0.717, 1.165) is 18.2 Å². The highest BCUT2D eigenvalue weighted by atomic mass is 15.3. The molecule has 0 saturated carbocycles. The van der Waals surface area contributed by atoms with Crippen molar-refractivity contribution in [1.29, 1.82) is 0 Å². The zero-order chi connectivity index (χ0) is 12.1. The molecular weight excluding hydrogens is 200 g/mol. The molecule has 1 aromatic rings. The van der Waals surface area contributed by atoms with Crippen LogP contribution in [0, 0.1) is 5.92 Å². The maximum absolute atomic E-state index is 5.59. The Hall–Kier alpha value is -1.16. The molecule has 0 spiro atoms. The van der Waals surface area contributed by atoms with Crippen LogP contribution in [0.1, 0.15) is 33.4 Å². The fraction of sp³-hybridized carbons (Fsp3) is 0.667. The number of hydrogen-bond acceptors (Lipinski definition) is 4. The van der Waals surface area contributed by atoms with E-state index in [1.165, 1.54) is 0 Å². The van der Waals surface area contributed by atoms with Crippen molar-refractivity contribution in [2.45, 2.75) is 40.3 Å². The van der Waals surface area contributed by atoms with E-state index in [1.54, 1.807) is 6.20 Å². The minimum atomic E-state index is 0.399. The van der Waals surface area contributed by atoms with Gasteiger partial charge in [-0.05, 0) is 25.8 Å². The van der Waals surface area contributed by atoms with Gasteiger partial charge in [0.2, 0.25) is 5.95 Å². The van der Waals surface area contributed by atoms with Crippen LogP contribution in [0.4, 0.5) is 5.95 Å². The van der Waals surface area contributed by atoms with Gasteiger partial charge in [0, 0.05) is 25.3 Å². The first-order valence-corrected chi connectivity index (χ1v) is 5.83. The Morgan fingerprint density at radius 2 is 2.00 bits per heavy atom. The van der Waals surface area contributed by atoms with Crippen LogP contribution in [-0.4, -0.2) is 22.6 Å². The molecule has 0 aliphatic rings. The highest BCUT2D eigenvalue weighted by Crippen LogP contribution is 2.13. The van der Waals surface area contributed by atoms with Gasteiger partial charge in [0.25, 0.3) is 0 Å². The van der Waals surface area contributed by atoms with E-state index >= 15 is 0 Å². The van der Waals surface area contributed by atoms with E-state index in [4.69, 9.17) is 5.73 Å². The van der Waals surface area contributed by atoms with Gasteiger partial charge < -0.3 is 10.6 Å². The summed E-state index contributed by atoms with van der Waals surface area (Å²) >= 11 is 0. The van der Waals surface area contributed by atoms with Crippen LogP contribution < -0.4 is 10.6 Å². The lowest BCUT2D eigenvalue weighted by Gasteiger charge is -2.28. The number of nitrogens with zero attached hydrogens (tertiary/aromatic N) is 3. The molecule has 2 N–H and O–H groups in total. The summed E-state index contributed by atoms with van der Waals surface area (Å²) in [5.74, 6) is 1.37. The average Bonchev–Trinajstić information content (AvgIpc) is 2.25. The van der Waals surface area contributed by atoms with Crippen LogP contribution in [0.15, 0.2) is 12.3 Å². The molecule has 0 aliphatic carbocycles. The molecule has 90 valence electrons. The zero-order valence-corrected chi connectivity index (χ0v) is 10.6. The van der Waals surface area contributed by atoms with Crippen molar-refractivity contribution < 1.29 is 0 Å². The van der Waals surface area contributed by atoms with Gasteiger partial charge in [0.1, 0.15) is 0 Å². The molecule has 0 aliphatic heterocycles. The molecule has 1 heterocycles. The Morgan fingerprint density at radius 3 is 2.50 bits per heavy atom. The van der Waals surface area contributed by atoms with Crippen molar-refractivity contribution in [1.82, 2.24) is 9.97 Å². The molecule has 4 heteroatoms. The highest BCUT2D eigenvalue weighted by Gasteiger charge is 2.14. The largest absolute Gasteiger partial charge is 0.338 e. The van der Waals surface area contributed by atoms with Gasteiger partial charge in [-0.25, -0.2) is 9.97 Å². The Labute approximate surface area is 97.9 Å².